The van der Waals surface area contributed by atoms with Crippen LogP contribution in [0.25, 0.3) is 0 Å². The van der Waals surface area contributed by atoms with Gasteiger partial charge in [-0.05, 0) is 47.4 Å². The Morgan fingerprint density at radius 3 is 1.38 bits per heavy atom. The van der Waals surface area contributed by atoms with E-state index in [0.29, 0.717) is 0 Å². The minimum absolute atomic E-state index is 1.09. The van der Waals surface area contributed by atoms with Gasteiger partial charge < -0.3 is 0 Å². The number of benzene rings is 4. The molecule has 0 unspecified atom stereocenters. The summed E-state index contributed by atoms with van der Waals surface area (Å²) in [6, 6.07) is 41.9. The first-order chi connectivity index (χ1) is 14.2. The van der Waals surface area contributed by atoms with Crippen LogP contribution in [-0.4, -0.2) is 8.07 Å². The van der Waals surface area contributed by atoms with E-state index < -0.39 is 8.07 Å². The molecule has 0 amide bonds. The van der Waals surface area contributed by atoms with Gasteiger partial charge in [-0.15, -0.1) is 0 Å². The van der Waals surface area contributed by atoms with Crippen molar-refractivity contribution in [3.05, 3.63) is 126 Å². The van der Waals surface area contributed by atoms with Crippen molar-refractivity contribution in [2.75, 3.05) is 0 Å². The average Bonchev–Trinajstić information content (AvgIpc) is 2.78. The van der Waals surface area contributed by atoms with E-state index in [0.717, 1.165) is 12.5 Å². The lowest BCUT2D eigenvalue weighted by atomic mass is 10.1. The number of hydrogen-bond acceptors (Lipinski definition) is 0. The van der Waals surface area contributed by atoms with Gasteiger partial charge in [-0.1, -0.05) is 120 Å². The largest absolute Gasteiger partial charge is 0.148 e. The SMILES string of the molecule is Cc1ccc(CC[Si](c2ccccc2)(c2ccccc2)c2ccc(C)cc2)cc1. The molecule has 4 aromatic rings. The molecule has 0 saturated heterocycles. The maximum absolute atomic E-state index is 2.37. The Balaban J connectivity index is 1.87. The number of aryl methyl sites for hydroxylation is 3. The Morgan fingerprint density at radius 2 is 0.897 bits per heavy atom. The smallest absolute Gasteiger partial charge is 0.0624 e. The quantitative estimate of drug-likeness (QED) is 0.319. The fourth-order valence-electron chi connectivity index (χ4n) is 4.30. The molecule has 0 aromatic heterocycles. The Kier molecular flexibility index (Phi) is 5.78. The van der Waals surface area contributed by atoms with Gasteiger partial charge in [0.05, 0.1) is 0 Å². The molecule has 0 N–H and O–H groups in total. The Hall–Kier alpha value is -2.90. The fourth-order valence-corrected chi connectivity index (χ4v) is 9.09. The predicted molar refractivity (Wildman–Crippen MR) is 128 cm³/mol. The van der Waals surface area contributed by atoms with Gasteiger partial charge in [0.1, 0.15) is 8.07 Å². The highest BCUT2D eigenvalue weighted by molar-refractivity contribution is 7.11. The molecule has 0 spiro atoms. The summed E-state index contributed by atoms with van der Waals surface area (Å²) in [5, 5.41) is 4.47. The highest BCUT2D eigenvalue weighted by Gasteiger charge is 2.38. The summed E-state index contributed by atoms with van der Waals surface area (Å²) in [5.74, 6) is 0. The number of hydrogen-bond donors (Lipinski definition) is 0. The summed E-state index contributed by atoms with van der Waals surface area (Å²) in [7, 11) is -2.14. The summed E-state index contributed by atoms with van der Waals surface area (Å²) in [5.41, 5.74) is 4.06. The van der Waals surface area contributed by atoms with Gasteiger partial charge in [-0.25, -0.2) is 0 Å². The first-order valence-corrected chi connectivity index (χ1v) is 12.6. The van der Waals surface area contributed by atoms with Crippen molar-refractivity contribution in [1.29, 1.82) is 0 Å². The van der Waals surface area contributed by atoms with Crippen molar-refractivity contribution in [1.82, 2.24) is 0 Å². The van der Waals surface area contributed by atoms with E-state index in [1.807, 2.05) is 0 Å². The molecule has 144 valence electrons. The van der Waals surface area contributed by atoms with E-state index in [1.54, 1.807) is 0 Å². The lowest BCUT2D eigenvalue weighted by molar-refractivity contribution is 1.11. The average molecular weight is 393 g/mol. The molecule has 0 radical (unpaired) electrons. The van der Waals surface area contributed by atoms with Crippen LogP contribution in [0.4, 0.5) is 0 Å². The van der Waals surface area contributed by atoms with Crippen LogP contribution in [0.15, 0.2) is 109 Å². The predicted octanol–water partition coefficient (Wildman–Crippen LogP) is 5.02. The van der Waals surface area contributed by atoms with Crippen LogP contribution in [0, 0.1) is 13.8 Å². The summed E-state index contributed by atoms with van der Waals surface area (Å²) in [4.78, 5) is 0. The zero-order chi connectivity index (χ0) is 20.1. The molecule has 0 bridgehead atoms. The first-order valence-electron chi connectivity index (χ1n) is 10.4. The van der Waals surface area contributed by atoms with Crippen LogP contribution in [0.2, 0.25) is 6.04 Å². The standard InChI is InChI=1S/C28H28Si/c1-23-13-17-25(18-14-23)21-22-29(26-9-5-3-6-10-26,27-11-7-4-8-12-27)28-19-15-24(2)16-20-28/h3-20H,21-22H2,1-2H3. The van der Waals surface area contributed by atoms with E-state index >= 15 is 0 Å². The second-order valence-corrected chi connectivity index (χ2v) is 12.0. The van der Waals surface area contributed by atoms with Crippen LogP contribution < -0.4 is 15.6 Å². The Bertz CT molecular complexity index is 993. The molecule has 0 saturated carbocycles. The van der Waals surface area contributed by atoms with E-state index in [-0.39, 0.29) is 0 Å². The molecule has 4 aromatic carbocycles. The van der Waals surface area contributed by atoms with E-state index in [2.05, 4.69) is 123 Å². The van der Waals surface area contributed by atoms with Crippen molar-refractivity contribution >= 4 is 23.6 Å². The molecule has 0 fully saturated rings. The van der Waals surface area contributed by atoms with Gasteiger partial charge >= 0.3 is 0 Å². The van der Waals surface area contributed by atoms with Crippen LogP contribution in [0.3, 0.4) is 0 Å². The maximum Gasteiger partial charge on any atom is 0.148 e. The van der Waals surface area contributed by atoms with Crippen molar-refractivity contribution in [3.8, 4) is 0 Å². The first kappa shape index (κ1) is 19.4. The normalized spacial score (nSPS) is 11.4. The second kappa shape index (κ2) is 8.63. The van der Waals surface area contributed by atoms with Crippen LogP contribution >= 0.6 is 0 Å². The summed E-state index contributed by atoms with van der Waals surface area (Å²) < 4.78 is 0. The number of rotatable bonds is 6. The molecule has 0 aliphatic carbocycles. The van der Waals surface area contributed by atoms with Gasteiger partial charge in [0.25, 0.3) is 0 Å². The summed E-state index contributed by atoms with van der Waals surface area (Å²) >= 11 is 0. The van der Waals surface area contributed by atoms with Crippen molar-refractivity contribution < 1.29 is 0 Å². The molecule has 1 heteroatoms. The molecule has 0 nitrogen and oxygen atoms in total. The van der Waals surface area contributed by atoms with Crippen molar-refractivity contribution in [2.24, 2.45) is 0 Å². The lowest BCUT2D eigenvalue weighted by Crippen LogP contribution is -2.67. The fraction of sp³-hybridized carbons (Fsp3) is 0.143. The topological polar surface area (TPSA) is 0 Å². The van der Waals surface area contributed by atoms with Gasteiger partial charge in [-0.3, -0.25) is 0 Å². The van der Waals surface area contributed by atoms with Crippen molar-refractivity contribution in [3.63, 3.8) is 0 Å². The zero-order valence-electron chi connectivity index (χ0n) is 17.3. The molecule has 0 aliphatic rings. The maximum atomic E-state index is 2.37. The highest BCUT2D eigenvalue weighted by Crippen LogP contribution is 2.17. The molecule has 0 aliphatic heterocycles. The van der Waals surface area contributed by atoms with Crippen LogP contribution in [0.5, 0.6) is 0 Å². The van der Waals surface area contributed by atoms with Gasteiger partial charge in [0.15, 0.2) is 0 Å². The van der Waals surface area contributed by atoms with Crippen LogP contribution in [0.1, 0.15) is 16.7 Å². The third-order valence-electron chi connectivity index (χ3n) is 5.99. The minimum atomic E-state index is -2.14. The third-order valence-corrected chi connectivity index (χ3v) is 10.9. The van der Waals surface area contributed by atoms with Gasteiger partial charge in [0, 0.05) is 0 Å². The second-order valence-electron chi connectivity index (χ2n) is 7.99. The lowest BCUT2D eigenvalue weighted by Gasteiger charge is -2.34. The molecule has 0 atom stereocenters. The third kappa shape index (κ3) is 4.11. The molecule has 4 rings (SSSR count). The molecular weight excluding hydrogens is 364 g/mol. The van der Waals surface area contributed by atoms with E-state index in [9.17, 15) is 0 Å². The Labute approximate surface area is 175 Å². The molecule has 29 heavy (non-hydrogen) atoms. The monoisotopic (exact) mass is 392 g/mol. The zero-order valence-corrected chi connectivity index (χ0v) is 18.3. The van der Waals surface area contributed by atoms with Gasteiger partial charge in [0.2, 0.25) is 0 Å². The summed E-state index contributed by atoms with van der Waals surface area (Å²) in [6.45, 7) is 4.33. The van der Waals surface area contributed by atoms with Gasteiger partial charge in [-0.2, -0.15) is 0 Å². The summed E-state index contributed by atoms with van der Waals surface area (Å²) in [6.07, 6.45) is 1.09. The molecule has 0 heterocycles. The highest BCUT2D eigenvalue weighted by atomic mass is 28.3. The minimum Gasteiger partial charge on any atom is -0.0624 e. The van der Waals surface area contributed by atoms with E-state index in [1.165, 1.54) is 32.3 Å². The Morgan fingerprint density at radius 1 is 0.483 bits per heavy atom. The van der Waals surface area contributed by atoms with Crippen molar-refractivity contribution in [2.45, 2.75) is 26.3 Å². The van der Waals surface area contributed by atoms with Crippen LogP contribution in [-0.2, 0) is 6.42 Å². The van der Waals surface area contributed by atoms with E-state index in [4.69, 9.17) is 0 Å². The molecular formula is C28H28Si.